The Labute approximate surface area is 132 Å². The lowest BCUT2D eigenvalue weighted by Crippen LogP contribution is -2.13. The lowest BCUT2D eigenvalue weighted by atomic mass is 10.0. The van der Waals surface area contributed by atoms with Crippen LogP contribution in [0.4, 0.5) is 11.4 Å². The number of anilines is 2. The van der Waals surface area contributed by atoms with Gasteiger partial charge in [0, 0.05) is 23.0 Å². The van der Waals surface area contributed by atoms with Gasteiger partial charge in [-0.05, 0) is 49.6 Å². The van der Waals surface area contributed by atoms with E-state index in [4.69, 9.17) is 5.73 Å². The number of aryl methyl sites for hydroxylation is 1. The Bertz CT molecular complexity index is 470. The van der Waals surface area contributed by atoms with Crippen molar-refractivity contribution in [2.75, 3.05) is 16.8 Å². The molecule has 3 nitrogen and oxygen atoms in total. The van der Waals surface area contributed by atoms with Gasteiger partial charge in [-0.15, -0.1) is 0 Å². The van der Waals surface area contributed by atoms with E-state index in [2.05, 4.69) is 17.1 Å². The van der Waals surface area contributed by atoms with Gasteiger partial charge in [0.1, 0.15) is 0 Å². The number of hydrogen-bond acceptors (Lipinski definition) is 3. The van der Waals surface area contributed by atoms with Crippen LogP contribution in [0.1, 0.15) is 50.5 Å². The molecule has 4 heteroatoms. The number of thioether (sulfide) groups is 1. The fourth-order valence-electron chi connectivity index (χ4n) is 2.70. The highest BCUT2D eigenvalue weighted by atomic mass is 32.2. The van der Waals surface area contributed by atoms with Crippen molar-refractivity contribution >= 4 is 29.0 Å². The maximum absolute atomic E-state index is 12.0. The van der Waals surface area contributed by atoms with E-state index in [0.717, 1.165) is 28.7 Å². The second-order valence-electron chi connectivity index (χ2n) is 5.86. The topological polar surface area (TPSA) is 55.1 Å². The van der Waals surface area contributed by atoms with E-state index in [-0.39, 0.29) is 5.91 Å². The molecule has 0 saturated heterocycles. The van der Waals surface area contributed by atoms with Crippen molar-refractivity contribution < 1.29 is 4.79 Å². The molecule has 1 amide bonds. The molecule has 2 rings (SSSR count). The van der Waals surface area contributed by atoms with E-state index in [1.54, 1.807) is 0 Å². The van der Waals surface area contributed by atoms with Gasteiger partial charge in [-0.3, -0.25) is 4.79 Å². The maximum atomic E-state index is 12.0. The normalized spacial score (nSPS) is 15.9. The molecular formula is C17H26N2OS. The summed E-state index contributed by atoms with van der Waals surface area (Å²) >= 11 is 2.05. The van der Waals surface area contributed by atoms with Crippen molar-refractivity contribution in [3.05, 3.63) is 23.8 Å². The van der Waals surface area contributed by atoms with Crippen LogP contribution in [0.3, 0.4) is 0 Å². The molecule has 1 aromatic rings. The van der Waals surface area contributed by atoms with Gasteiger partial charge in [0.2, 0.25) is 5.91 Å². The molecule has 1 aliphatic rings. The molecule has 0 aliphatic heterocycles. The van der Waals surface area contributed by atoms with Gasteiger partial charge in [0.25, 0.3) is 0 Å². The van der Waals surface area contributed by atoms with Crippen molar-refractivity contribution in [3.8, 4) is 0 Å². The highest BCUT2D eigenvalue weighted by Crippen LogP contribution is 2.28. The molecule has 0 heterocycles. The first-order valence-corrected chi connectivity index (χ1v) is 8.97. The summed E-state index contributed by atoms with van der Waals surface area (Å²) in [5, 5.41) is 3.79. The third kappa shape index (κ3) is 5.62. The van der Waals surface area contributed by atoms with Crippen LogP contribution in [-0.4, -0.2) is 16.9 Å². The van der Waals surface area contributed by atoms with Crippen molar-refractivity contribution in [1.82, 2.24) is 0 Å². The van der Waals surface area contributed by atoms with Gasteiger partial charge >= 0.3 is 0 Å². The molecule has 1 fully saturated rings. The SMILES string of the molecule is Cc1ccc(N)cc1NC(=O)CCCSC1CCCCC1. The molecule has 1 aromatic carbocycles. The number of nitrogens with two attached hydrogens (primary N) is 1. The predicted molar refractivity (Wildman–Crippen MR) is 92.8 cm³/mol. The average molecular weight is 306 g/mol. The van der Waals surface area contributed by atoms with E-state index >= 15 is 0 Å². The Kier molecular flexibility index (Phi) is 6.43. The maximum Gasteiger partial charge on any atom is 0.224 e. The van der Waals surface area contributed by atoms with E-state index < -0.39 is 0 Å². The first-order chi connectivity index (χ1) is 10.1. The van der Waals surface area contributed by atoms with Crippen molar-refractivity contribution in [2.45, 2.75) is 57.1 Å². The summed E-state index contributed by atoms with van der Waals surface area (Å²) < 4.78 is 0. The monoisotopic (exact) mass is 306 g/mol. The number of nitrogen functional groups attached to an aromatic ring is 1. The predicted octanol–water partition coefficient (Wildman–Crippen LogP) is 4.36. The average Bonchev–Trinajstić information content (AvgIpc) is 2.48. The summed E-state index contributed by atoms with van der Waals surface area (Å²) in [6, 6.07) is 5.61. The Balaban J connectivity index is 1.66. The summed E-state index contributed by atoms with van der Waals surface area (Å²) in [7, 11) is 0. The largest absolute Gasteiger partial charge is 0.399 e. The van der Waals surface area contributed by atoms with Crippen molar-refractivity contribution in [2.24, 2.45) is 0 Å². The van der Waals surface area contributed by atoms with Crippen LogP contribution in [0.25, 0.3) is 0 Å². The highest BCUT2D eigenvalue weighted by Gasteiger charge is 2.13. The van der Waals surface area contributed by atoms with E-state index in [0.29, 0.717) is 12.1 Å². The number of carbonyl (C=O) groups is 1. The van der Waals surface area contributed by atoms with Crippen molar-refractivity contribution in [1.29, 1.82) is 0 Å². The van der Waals surface area contributed by atoms with Gasteiger partial charge in [-0.1, -0.05) is 25.3 Å². The van der Waals surface area contributed by atoms with Crippen LogP contribution in [0.2, 0.25) is 0 Å². The molecule has 0 radical (unpaired) electrons. The number of benzene rings is 1. The van der Waals surface area contributed by atoms with Crippen LogP contribution in [0, 0.1) is 6.92 Å². The minimum Gasteiger partial charge on any atom is -0.399 e. The molecule has 3 N–H and O–H groups in total. The van der Waals surface area contributed by atoms with Crippen LogP contribution in [-0.2, 0) is 4.79 Å². The molecule has 0 spiro atoms. The summed E-state index contributed by atoms with van der Waals surface area (Å²) in [5.74, 6) is 1.18. The zero-order valence-electron chi connectivity index (χ0n) is 12.9. The lowest BCUT2D eigenvalue weighted by Gasteiger charge is -2.20. The van der Waals surface area contributed by atoms with Gasteiger partial charge in [0.05, 0.1) is 0 Å². The molecule has 0 atom stereocenters. The summed E-state index contributed by atoms with van der Waals surface area (Å²) in [6.07, 6.45) is 8.43. The molecule has 0 unspecified atom stereocenters. The third-order valence-electron chi connectivity index (χ3n) is 3.99. The van der Waals surface area contributed by atoms with E-state index in [9.17, 15) is 4.79 Å². The molecule has 0 bridgehead atoms. The van der Waals surface area contributed by atoms with Crippen molar-refractivity contribution in [3.63, 3.8) is 0 Å². The Morgan fingerprint density at radius 1 is 1.33 bits per heavy atom. The van der Waals surface area contributed by atoms with Crippen LogP contribution < -0.4 is 11.1 Å². The second-order valence-corrected chi connectivity index (χ2v) is 7.27. The Morgan fingerprint density at radius 3 is 2.86 bits per heavy atom. The molecule has 1 saturated carbocycles. The van der Waals surface area contributed by atoms with E-state index in [1.807, 2.05) is 25.1 Å². The van der Waals surface area contributed by atoms with E-state index in [1.165, 1.54) is 32.1 Å². The lowest BCUT2D eigenvalue weighted by molar-refractivity contribution is -0.116. The number of rotatable bonds is 6. The molecule has 21 heavy (non-hydrogen) atoms. The Hall–Kier alpha value is -1.16. The summed E-state index contributed by atoms with van der Waals surface area (Å²) in [5.41, 5.74) is 8.32. The first kappa shape index (κ1) is 16.2. The molecular weight excluding hydrogens is 280 g/mol. The zero-order valence-corrected chi connectivity index (χ0v) is 13.7. The minimum atomic E-state index is 0.0907. The van der Waals surface area contributed by atoms with Gasteiger partial charge in [-0.2, -0.15) is 11.8 Å². The first-order valence-electron chi connectivity index (χ1n) is 7.93. The van der Waals surface area contributed by atoms with Crippen LogP contribution in [0.5, 0.6) is 0 Å². The Morgan fingerprint density at radius 2 is 2.10 bits per heavy atom. The number of amides is 1. The number of nitrogens with one attached hydrogen (secondary N) is 1. The highest BCUT2D eigenvalue weighted by molar-refractivity contribution is 7.99. The second kappa shape index (κ2) is 8.32. The molecule has 116 valence electrons. The molecule has 0 aromatic heterocycles. The smallest absolute Gasteiger partial charge is 0.224 e. The minimum absolute atomic E-state index is 0.0907. The molecule has 1 aliphatic carbocycles. The third-order valence-corrected chi connectivity index (χ3v) is 5.46. The summed E-state index contributed by atoms with van der Waals surface area (Å²) in [6.45, 7) is 1.98. The van der Waals surface area contributed by atoms with Crippen LogP contribution >= 0.6 is 11.8 Å². The zero-order chi connectivity index (χ0) is 15.1. The van der Waals surface area contributed by atoms with Gasteiger partial charge < -0.3 is 11.1 Å². The number of hydrogen-bond donors (Lipinski definition) is 2. The van der Waals surface area contributed by atoms with Crippen LogP contribution in [0.15, 0.2) is 18.2 Å². The summed E-state index contributed by atoms with van der Waals surface area (Å²) in [4.78, 5) is 12.0. The quantitative estimate of drug-likeness (QED) is 0.606. The fourth-order valence-corrected chi connectivity index (χ4v) is 4.01. The number of carbonyl (C=O) groups excluding carboxylic acids is 1. The fraction of sp³-hybridized carbons (Fsp3) is 0.588. The standard InChI is InChI=1S/C17H26N2OS/c1-13-9-10-14(18)12-16(13)19-17(20)8-5-11-21-15-6-3-2-4-7-15/h9-10,12,15H,2-8,11,18H2,1H3,(H,19,20). The van der Waals surface area contributed by atoms with Gasteiger partial charge in [0.15, 0.2) is 0 Å². The van der Waals surface area contributed by atoms with Gasteiger partial charge in [-0.25, -0.2) is 0 Å².